The van der Waals surface area contributed by atoms with Crippen molar-refractivity contribution in [3.05, 3.63) is 61.2 Å². The first-order chi connectivity index (χ1) is 6.00. The van der Waals surface area contributed by atoms with Gasteiger partial charge >= 0.3 is 16.8 Å². The Labute approximate surface area is 113 Å². The topological polar surface area (TPSA) is 25.8 Å². The van der Waals surface area contributed by atoms with Crippen LogP contribution in [0.25, 0.3) is 0 Å². The van der Waals surface area contributed by atoms with Crippen LogP contribution in [0, 0.1) is 0 Å². The predicted octanol–water partition coefficient (Wildman–Crippen LogP) is -3.83. The van der Waals surface area contributed by atoms with Gasteiger partial charge in [0, 0.05) is 24.8 Å². The molecule has 0 aliphatic carbocycles. The van der Waals surface area contributed by atoms with Crippen molar-refractivity contribution in [1.29, 1.82) is 0 Å². The molecular formula is C10H10Cl2CoN2. The Morgan fingerprint density at radius 1 is 0.467 bits per heavy atom. The van der Waals surface area contributed by atoms with Gasteiger partial charge in [0.1, 0.15) is 0 Å². The number of hydrogen-bond acceptors (Lipinski definition) is 2. The first kappa shape index (κ1) is 19.9. The van der Waals surface area contributed by atoms with Crippen LogP contribution in [0.15, 0.2) is 61.2 Å². The fourth-order valence-electron chi connectivity index (χ4n) is 0.625. The van der Waals surface area contributed by atoms with Crippen LogP contribution in [-0.4, -0.2) is 9.97 Å². The summed E-state index contributed by atoms with van der Waals surface area (Å²) in [5.74, 6) is 0. The van der Waals surface area contributed by atoms with Gasteiger partial charge in [0.15, 0.2) is 0 Å². The first-order valence-electron chi connectivity index (χ1n) is 3.70. The minimum Gasteiger partial charge on any atom is -1.00 e. The molecule has 0 unspecified atom stereocenters. The molecule has 2 aromatic rings. The van der Waals surface area contributed by atoms with E-state index >= 15 is 0 Å². The Bertz CT molecular complexity index is 197. The van der Waals surface area contributed by atoms with Gasteiger partial charge in [0.2, 0.25) is 0 Å². The van der Waals surface area contributed by atoms with E-state index in [1.165, 1.54) is 0 Å². The third-order valence-electron chi connectivity index (χ3n) is 1.13. The average Bonchev–Trinajstić information content (AvgIpc) is 2.24. The fourth-order valence-corrected chi connectivity index (χ4v) is 0.625. The summed E-state index contributed by atoms with van der Waals surface area (Å²) in [5.41, 5.74) is 0. The van der Waals surface area contributed by atoms with Gasteiger partial charge in [-0.2, -0.15) is 0 Å². The molecule has 0 bridgehead atoms. The van der Waals surface area contributed by atoms with Gasteiger partial charge in [-0.05, 0) is 24.3 Å². The van der Waals surface area contributed by atoms with Crippen LogP contribution in [0.2, 0.25) is 0 Å². The number of nitrogens with zero attached hydrogens (tertiary/aromatic N) is 2. The first-order valence-corrected chi connectivity index (χ1v) is 3.70. The molecule has 0 spiro atoms. The molecule has 2 nitrogen and oxygen atoms in total. The Balaban J connectivity index is -0.000000160. The Morgan fingerprint density at radius 3 is 0.800 bits per heavy atom. The maximum absolute atomic E-state index is 3.78. The zero-order chi connectivity index (χ0) is 8.49. The maximum Gasteiger partial charge on any atom is 2.00 e. The molecule has 5 heteroatoms. The van der Waals surface area contributed by atoms with Crippen LogP contribution >= 0.6 is 0 Å². The molecule has 0 amide bonds. The molecule has 0 aromatic carbocycles. The van der Waals surface area contributed by atoms with Crippen LogP contribution < -0.4 is 24.8 Å². The standard InChI is InChI=1S/2C5H5N.2ClH.Co/c2*1-2-4-6-5-3-1;;;/h2*1-5H;2*1H;/q;;;;+2/p-2. The molecule has 0 N–H and O–H groups in total. The largest absolute Gasteiger partial charge is 2.00 e. The third kappa shape index (κ3) is 13.4. The van der Waals surface area contributed by atoms with Crippen molar-refractivity contribution < 1.29 is 41.6 Å². The number of aromatic nitrogens is 2. The van der Waals surface area contributed by atoms with Crippen molar-refractivity contribution in [3.63, 3.8) is 0 Å². The van der Waals surface area contributed by atoms with Gasteiger partial charge in [-0.15, -0.1) is 0 Å². The Morgan fingerprint density at radius 2 is 0.733 bits per heavy atom. The molecule has 0 saturated heterocycles. The zero-order valence-electron chi connectivity index (χ0n) is 7.76. The van der Waals surface area contributed by atoms with Gasteiger partial charge in [-0.25, -0.2) is 0 Å². The fraction of sp³-hybridized carbons (Fsp3) is 0. The van der Waals surface area contributed by atoms with Crippen molar-refractivity contribution in [2.45, 2.75) is 0 Å². The van der Waals surface area contributed by atoms with Crippen LogP contribution in [0.4, 0.5) is 0 Å². The molecule has 2 heterocycles. The second-order valence-corrected chi connectivity index (χ2v) is 2.05. The molecule has 2 rings (SSSR count). The molecule has 0 saturated carbocycles. The van der Waals surface area contributed by atoms with Gasteiger partial charge in [-0.3, -0.25) is 9.97 Å². The van der Waals surface area contributed by atoms with Crippen molar-refractivity contribution in [2.24, 2.45) is 0 Å². The van der Waals surface area contributed by atoms with Crippen molar-refractivity contribution >= 4 is 0 Å². The Hall–Kier alpha value is -0.614. The summed E-state index contributed by atoms with van der Waals surface area (Å²) in [6.07, 6.45) is 7.00. The number of halogens is 2. The monoisotopic (exact) mass is 287 g/mol. The van der Waals surface area contributed by atoms with E-state index < -0.39 is 0 Å². The summed E-state index contributed by atoms with van der Waals surface area (Å²) in [4.78, 5) is 7.57. The molecule has 0 fully saturated rings. The van der Waals surface area contributed by atoms with Gasteiger partial charge in [0.05, 0.1) is 0 Å². The van der Waals surface area contributed by atoms with Gasteiger partial charge in [0.25, 0.3) is 0 Å². The van der Waals surface area contributed by atoms with Crippen LogP contribution in [-0.2, 0) is 16.8 Å². The minimum absolute atomic E-state index is 0. The van der Waals surface area contributed by atoms with Crippen LogP contribution in [0.3, 0.4) is 0 Å². The van der Waals surface area contributed by atoms with Crippen molar-refractivity contribution in [2.75, 3.05) is 0 Å². The summed E-state index contributed by atoms with van der Waals surface area (Å²) in [5, 5.41) is 0. The van der Waals surface area contributed by atoms with E-state index in [0.717, 1.165) is 0 Å². The molecule has 0 atom stereocenters. The van der Waals surface area contributed by atoms with Crippen LogP contribution in [0.1, 0.15) is 0 Å². The quantitative estimate of drug-likeness (QED) is 0.496. The van der Waals surface area contributed by atoms with E-state index in [2.05, 4.69) is 9.97 Å². The van der Waals surface area contributed by atoms with E-state index in [1.54, 1.807) is 24.8 Å². The molecule has 15 heavy (non-hydrogen) atoms. The smallest absolute Gasteiger partial charge is 1.00 e. The summed E-state index contributed by atoms with van der Waals surface area (Å²) in [6.45, 7) is 0. The third-order valence-corrected chi connectivity index (χ3v) is 1.13. The number of pyridine rings is 2. The maximum atomic E-state index is 3.78. The van der Waals surface area contributed by atoms with E-state index in [1.807, 2.05) is 36.4 Å². The molecule has 1 radical (unpaired) electrons. The summed E-state index contributed by atoms with van der Waals surface area (Å²) in [7, 11) is 0. The van der Waals surface area contributed by atoms with E-state index in [-0.39, 0.29) is 41.6 Å². The predicted molar refractivity (Wildman–Crippen MR) is 48.5 cm³/mol. The second-order valence-electron chi connectivity index (χ2n) is 2.05. The molecular weight excluding hydrogens is 278 g/mol. The average molecular weight is 288 g/mol. The van der Waals surface area contributed by atoms with Crippen molar-refractivity contribution in [1.82, 2.24) is 9.97 Å². The Kier molecular flexibility index (Phi) is 21.0. The molecule has 0 aliphatic heterocycles. The van der Waals surface area contributed by atoms with E-state index in [0.29, 0.717) is 0 Å². The van der Waals surface area contributed by atoms with Gasteiger partial charge < -0.3 is 24.8 Å². The summed E-state index contributed by atoms with van der Waals surface area (Å²) < 4.78 is 0. The van der Waals surface area contributed by atoms with E-state index in [4.69, 9.17) is 0 Å². The summed E-state index contributed by atoms with van der Waals surface area (Å²) in [6, 6.07) is 11.4. The SMILES string of the molecule is [Cl-].[Cl-].[Co+2].c1ccncc1.c1ccncc1. The van der Waals surface area contributed by atoms with E-state index in [9.17, 15) is 0 Å². The van der Waals surface area contributed by atoms with Gasteiger partial charge in [-0.1, -0.05) is 12.1 Å². The van der Waals surface area contributed by atoms with Crippen molar-refractivity contribution in [3.8, 4) is 0 Å². The zero-order valence-corrected chi connectivity index (χ0v) is 10.3. The summed E-state index contributed by atoms with van der Waals surface area (Å²) >= 11 is 0. The molecule has 2 aromatic heterocycles. The van der Waals surface area contributed by atoms with Crippen LogP contribution in [0.5, 0.6) is 0 Å². The molecule has 0 aliphatic rings. The number of rotatable bonds is 0. The number of hydrogen-bond donors (Lipinski definition) is 0. The second kappa shape index (κ2) is 15.8. The normalized spacial score (nSPS) is 6.40. The molecule has 83 valence electrons. The minimum atomic E-state index is 0.